The largest absolute Gasteiger partial charge is 0.346 e. The third-order valence-electron chi connectivity index (χ3n) is 5.49. The van der Waals surface area contributed by atoms with Crippen molar-refractivity contribution in [2.45, 2.75) is 65.0 Å². The van der Waals surface area contributed by atoms with Crippen LogP contribution in [0, 0.1) is 11.8 Å². The maximum Gasteiger partial charge on any atom is 0.225 e. The molecule has 25 heavy (non-hydrogen) atoms. The number of carbonyl (C=O) groups excluding carboxylic acids is 2. The maximum atomic E-state index is 12.6. The molecule has 1 saturated carbocycles. The number of nitrogens with one attached hydrogen (secondary N) is 1. The molecule has 2 aliphatic rings. The number of aryl methyl sites for hydroxylation is 1. The van der Waals surface area contributed by atoms with Gasteiger partial charge in [-0.15, -0.1) is 10.2 Å². The Balaban J connectivity index is 1.49. The van der Waals surface area contributed by atoms with Crippen molar-refractivity contribution < 1.29 is 9.59 Å². The fraction of sp³-hybridized carbons (Fsp3) is 0.778. The molecule has 1 N–H and O–H groups in total. The van der Waals surface area contributed by atoms with Crippen LogP contribution in [0.5, 0.6) is 0 Å². The number of amides is 2. The van der Waals surface area contributed by atoms with Crippen molar-refractivity contribution in [2.75, 3.05) is 13.1 Å². The second-order valence-electron chi connectivity index (χ2n) is 7.34. The molecule has 2 fully saturated rings. The summed E-state index contributed by atoms with van der Waals surface area (Å²) in [6.45, 7) is 6.31. The number of likely N-dealkylation sites (tertiary alicyclic amines) is 1. The first kappa shape index (κ1) is 17.9. The number of piperidine rings is 1. The minimum absolute atomic E-state index is 0.0181. The lowest BCUT2D eigenvalue weighted by Crippen LogP contribution is -2.46. The summed E-state index contributed by atoms with van der Waals surface area (Å²) in [5.41, 5.74) is 0. The van der Waals surface area contributed by atoms with Crippen LogP contribution >= 0.6 is 0 Å². The third kappa shape index (κ3) is 4.02. The summed E-state index contributed by atoms with van der Waals surface area (Å²) in [4.78, 5) is 26.8. The maximum absolute atomic E-state index is 12.6. The van der Waals surface area contributed by atoms with E-state index < -0.39 is 0 Å². The number of carbonyl (C=O) groups is 2. The molecule has 2 amide bonds. The molecular formula is C18H29N5O2. The van der Waals surface area contributed by atoms with Crippen LogP contribution in [0.1, 0.15) is 64.2 Å². The highest BCUT2D eigenvalue weighted by molar-refractivity contribution is 5.81. The van der Waals surface area contributed by atoms with E-state index >= 15 is 0 Å². The molecule has 7 heteroatoms. The standard InChI is InChI=1S/C18H29N5O2/c1-3-9-23-12-19-21-16(23)13(2)20-17(24)14-7-10-22(11-8-14)18(25)15-5-4-6-15/h12-15H,3-11H2,1-2H3,(H,20,24)/t13-/m1/s1. The van der Waals surface area contributed by atoms with Crippen LogP contribution in [0.25, 0.3) is 0 Å². The van der Waals surface area contributed by atoms with Gasteiger partial charge in [-0.25, -0.2) is 0 Å². The second kappa shape index (κ2) is 7.97. The first-order valence-corrected chi connectivity index (χ1v) is 9.57. The summed E-state index contributed by atoms with van der Waals surface area (Å²) in [6.07, 6.45) is 7.46. The molecule has 1 aromatic heterocycles. The molecule has 0 aromatic carbocycles. The molecule has 1 atom stereocenters. The predicted molar refractivity (Wildman–Crippen MR) is 93.5 cm³/mol. The molecule has 7 nitrogen and oxygen atoms in total. The van der Waals surface area contributed by atoms with Gasteiger partial charge >= 0.3 is 0 Å². The van der Waals surface area contributed by atoms with Gasteiger partial charge in [0.2, 0.25) is 11.8 Å². The van der Waals surface area contributed by atoms with E-state index in [4.69, 9.17) is 0 Å². The molecule has 1 saturated heterocycles. The Labute approximate surface area is 149 Å². The fourth-order valence-electron chi connectivity index (χ4n) is 3.68. The van der Waals surface area contributed by atoms with Gasteiger partial charge in [-0.05, 0) is 39.0 Å². The first-order chi connectivity index (χ1) is 12.1. The Morgan fingerprint density at radius 2 is 1.96 bits per heavy atom. The van der Waals surface area contributed by atoms with E-state index in [-0.39, 0.29) is 23.8 Å². The van der Waals surface area contributed by atoms with Crippen molar-refractivity contribution in [3.8, 4) is 0 Å². The minimum Gasteiger partial charge on any atom is -0.346 e. The smallest absolute Gasteiger partial charge is 0.225 e. The summed E-state index contributed by atoms with van der Waals surface area (Å²) >= 11 is 0. The number of rotatable bonds is 6. The molecule has 1 aliphatic carbocycles. The molecule has 0 unspecified atom stereocenters. The van der Waals surface area contributed by atoms with E-state index in [1.54, 1.807) is 6.33 Å². The number of hydrogen-bond donors (Lipinski definition) is 1. The molecular weight excluding hydrogens is 318 g/mol. The Morgan fingerprint density at radius 3 is 2.56 bits per heavy atom. The van der Waals surface area contributed by atoms with Crippen molar-refractivity contribution in [3.63, 3.8) is 0 Å². The highest BCUT2D eigenvalue weighted by Crippen LogP contribution is 2.30. The van der Waals surface area contributed by atoms with E-state index in [0.717, 1.165) is 44.5 Å². The van der Waals surface area contributed by atoms with Gasteiger partial charge in [0, 0.05) is 31.5 Å². The van der Waals surface area contributed by atoms with Crippen LogP contribution in [0.4, 0.5) is 0 Å². The quantitative estimate of drug-likeness (QED) is 0.852. The van der Waals surface area contributed by atoms with Gasteiger partial charge in [0.25, 0.3) is 0 Å². The Morgan fingerprint density at radius 1 is 1.24 bits per heavy atom. The van der Waals surface area contributed by atoms with Gasteiger partial charge in [-0.2, -0.15) is 0 Å². The summed E-state index contributed by atoms with van der Waals surface area (Å²) in [5.74, 6) is 1.39. The first-order valence-electron chi connectivity index (χ1n) is 9.57. The molecule has 3 rings (SSSR count). The van der Waals surface area contributed by atoms with Crippen LogP contribution in [0.3, 0.4) is 0 Å². The highest BCUT2D eigenvalue weighted by Gasteiger charge is 2.33. The van der Waals surface area contributed by atoms with E-state index in [0.29, 0.717) is 19.0 Å². The Bertz CT molecular complexity index is 602. The molecule has 0 bridgehead atoms. The lowest BCUT2D eigenvalue weighted by molar-refractivity contribution is -0.141. The zero-order valence-electron chi connectivity index (χ0n) is 15.3. The van der Waals surface area contributed by atoms with Crippen LogP contribution in [-0.2, 0) is 16.1 Å². The Hall–Kier alpha value is -1.92. The van der Waals surface area contributed by atoms with Crippen LogP contribution in [0.2, 0.25) is 0 Å². The molecule has 138 valence electrons. The van der Waals surface area contributed by atoms with E-state index in [1.165, 1.54) is 6.42 Å². The lowest BCUT2D eigenvalue weighted by Gasteiger charge is -2.36. The van der Waals surface area contributed by atoms with Gasteiger partial charge < -0.3 is 14.8 Å². The van der Waals surface area contributed by atoms with Gasteiger partial charge in [0.05, 0.1) is 6.04 Å². The topological polar surface area (TPSA) is 80.1 Å². The van der Waals surface area contributed by atoms with E-state index in [9.17, 15) is 9.59 Å². The van der Waals surface area contributed by atoms with Gasteiger partial charge in [-0.3, -0.25) is 9.59 Å². The van der Waals surface area contributed by atoms with Gasteiger partial charge in [0.15, 0.2) is 5.82 Å². The lowest BCUT2D eigenvalue weighted by atomic mass is 9.83. The van der Waals surface area contributed by atoms with Crippen molar-refractivity contribution >= 4 is 11.8 Å². The fourth-order valence-corrected chi connectivity index (χ4v) is 3.68. The molecule has 0 spiro atoms. The molecule has 0 radical (unpaired) electrons. The van der Waals surface area contributed by atoms with Crippen molar-refractivity contribution in [1.82, 2.24) is 25.0 Å². The Kier molecular flexibility index (Phi) is 5.71. The third-order valence-corrected chi connectivity index (χ3v) is 5.49. The summed E-state index contributed by atoms with van der Waals surface area (Å²) in [7, 11) is 0. The van der Waals surface area contributed by atoms with Crippen molar-refractivity contribution in [2.24, 2.45) is 11.8 Å². The van der Waals surface area contributed by atoms with E-state index in [2.05, 4.69) is 22.4 Å². The highest BCUT2D eigenvalue weighted by atomic mass is 16.2. The van der Waals surface area contributed by atoms with Crippen LogP contribution in [-0.4, -0.2) is 44.6 Å². The average Bonchev–Trinajstić information content (AvgIpc) is 3.02. The van der Waals surface area contributed by atoms with Gasteiger partial charge in [0.1, 0.15) is 6.33 Å². The summed E-state index contributed by atoms with van der Waals surface area (Å²) < 4.78 is 1.99. The zero-order valence-corrected chi connectivity index (χ0v) is 15.3. The normalized spacial score (nSPS) is 20.2. The van der Waals surface area contributed by atoms with Crippen LogP contribution in [0.15, 0.2) is 6.33 Å². The number of hydrogen-bond acceptors (Lipinski definition) is 4. The summed E-state index contributed by atoms with van der Waals surface area (Å²) in [6, 6.07) is -0.156. The minimum atomic E-state index is -0.156. The SMILES string of the molecule is CCCn1cnnc1[C@@H](C)NC(=O)C1CCN(C(=O)C2CCC2)CC1. The van der Waals surface area contributed by atoms with Crippen molar-refractivity contribution in [1.29, 1.82) is 0 Å². The molecule has 2 heterocycles. The van der Waals surface area contributed by atoms with Crippen molar-refractivity contribution in [3.05, 3.63) is 12.2 Å². The number of nitrogens with zero attached hydrogens (tertiary/aromatic N) is 4. The monoisotopic (exact) mass is 347 g/mol. The average molecular weight is 347 g/mol. The van der Waals surface area contributed by atoms with E-state index in [1.807, 2.05) is 16.4 Å². The predicted octanol–water partition coefficient (Wildman–Crippen LogP) is 1.90. The van der Waals surface area contributed by atoms with Gasteiger partial charge in [-0.1, -0.05) is 13.3 Å². The molecule has 1 aliphatic heterocycles. The summed E-state index contributed by atoms with van der Waals surface area (Å²) in [5, 5.41) is 11.2. The van der Waals surface area contributed by atoms with Crippen LogP contribution < -0.4 is 5.32 Å². The second-order valence-corrected chi connectivity index (χ2v) is 7.34. The zero-order chi connectivity index (χ0) is 17.8. The number of aromatic nitrogens is 3. The molecule has 1 aromatic rings.